The highest BCUT2D eigenvalue weighted by Crippen LogP contribution is 2.19. The monoisotopic (exact) mass is 256 g/mol. The number of hydrogen-bond acceptors (Lipinski definition) is 3. The highest BCUT2D eigenvalue weighted by molar-refractivity contribution is 5.94. The summed E-state index contributed by atoms with van der Waals surface area (Å²) >= 11 is 0. The predicted octanol–water partition coefficient (Wildman–Crippen LogP) is 1.46. The standard InChI is InChI=1S/C12H14F2N2O2/c13-12(14)18-10-3-1-2-8(6-10)11(17)16-5-4-9(15)7-16/h1-3,6,9,12H,4-5,7,15H2. The summed E-state index contributed by atoms with van der Waals surface area (Å²) in [6, 6.07) is 5.79. The lowest BCUT2D eigenvalue weighted by molar-refractivity contribution is -0.0499. The Morgan fingerprint density at radius 2 is 2.28 bits per heavy atom. The predicted molar refractivity (Wildman–Crippen MR) is 61.6 cm³/mol. The van der Waals surface area contributed by atoms with Gasteiger partial charge in [-0.25, -0.2) is 0 Å². The number of alkyl halides is 2. The van der Waals surface area contributed by atoms with Crippen LogP contribution in [0.3, 0.4) is 0 Å². The fourth-order valence-electron chi connectivity index (χ4n) is 1.96. The van der Waals surface area contributed by atoms with Crippen LogP contribution in [-0.2, 0) is 0 Å². The molecule has 1 saturated heterocycles. The van der Waals surface area contributed by atoms with Crippen LogP contribution >= 0.6 is 0 Å². The first-order valence-electron chi connectivity index (χ1n) is 5.66. The SMILES string of the molecule is NC1CCN(C(=O)c2cccc(OC(F)F)c2)C1. The van der Waals surface area contributed by atoms with E-state index in [4.69, 9.17) is 5.73 Å². The molecule has 1 unspecified atom stereocenters. The topological polar surface area (TPSA) is 55.6 Å². The zero-order chi connectivity index (χ0) is 13.1. The first-order chi connectivity index (χ1) is 8.56. The molecule has 98 valence electrons. The van der Waals surface area contributed by atoms with Crippen LogP contribution < -0.4 is 10.5 Å². The number of ether oxygens (including phenoxy) is 1. The molecule has 1 aromatic carbocycles. The number of nitrogens with zero attached hydrogens (tertiary/aromatic N) is 1. The Hall–Kier alpha value is -1.69. The summed E-state index contributed by atoms with van der Waals surface area (Å²) in [6.07, 6.45) is 0.763. The van der Waals surface area contributed by atoms with E-state index in [2.05, 4.69) is 4.74 Å². The van der Waals surface area contributed by atoms with Crippen LogP contribution in [-0.4, -0.2) is 36.5 Å². The number of hydrogen-bond donors (Lipinski definition) is 1. The van der Waals surface area contributed by atoms with Crippen LogP contribution in [0.2, 0.25) is 0 Å². The molecule has 1 aliphatic rings. The number of halogens is 2. The van der Waals surface area contributed by atoms with Crippen LogP contribution in [0.1, 0.15) is 16.8 Å². The number of benzene rings is 1. The summed E-state index contributed by atoms with van der Waals surface area (Å²) in [5, 5.41) is 0. The maximum absolute atomic E-state index is 12.1. The Bertz CT molecular complexity index is 440. The van der Waals surface area contributed by atoms with Crippen molar-refractivity contribution in [1.82, 2.24) is 4.90 Å². The lowest BCUT2D eigenvalue weighted by Crippen LogP contribution is -2.31. The number of carbonyl (C=O) groups excluding carboxylic acids is 1. The molecule has 18 heavy (non-hydrogen) atoms. The van der Waals surface area contributed by atoms with E-state index in [1.807, 2.05) is 0 Å². The quantitative estimate of drug-likeness (QED) is 0.890. The van der Waals surface area contributed by atoms with Crippen molar-refractivity contribution in [2.75, 3.05) is 13.1 Å². The summed E-state index contributed by atoms with van der Waals surface area (Å²) < 4.78 is 28.4. The minimum atomic E-state index is -2.89. The lowest BCUT2D eigenvalue weighted by Gasteiger charge is -2.16. The first kappa shape index (κ1) is 12.8. The number of rotatable bonds is 3. The summed E-state index contributed by atoms with van der Waals surface area (Å²) in [7, 11) is 0. The van der Waals surface area contributed by atoms with Crippen LogP contribution in [0.5, 0.6) is 5.75 Å². The molecule has 1 amide bonds. The molecule has 0 spiro atoms. The summed E-state index contributed by atoms with van der Waals surface area (Å²) in [5.74, 6) is -0.220. The highest BCUT2D eigenvalue weighted by atomic mass is 19.3. The average Bonchev–Trinajstić information content (AvgIpc) is 2.74. The first-order valence-corrected chi connectivity index (χ1v) is 5.66. The minimum absolute atomic E-state index is 0.00514. The van der Waals surface area contributed by atoms with E-state index in [-0.39, 0.29) is 17.7 Å². The molecule has 1 heterocycles. The van der Waals surface area contributed by atoms with Crippen molar-refractivity contribution in [3.05, 3.63) is 29.8 Å². The van der Waals surface area contributed by atoms with Gasteiger partial charge in [-0.05, 0) is 24.6 Å². The Labute approximate surface area is 103 Å². The molecule has 6 heteroatoms. The van der Waals surface area contributed by atoms with Gasteiger partial charge in [-0.1, -0.05) is 6.07 Å². The van der Waals surface area contributed by atoms with Gasteiger partial charge >= 0.3 is 6.61 Å². The van der Waals surface area contributed by atoms with E-state index in [0.29, 0.717) is 18.7 Å². The van der Waals surface area contributed by atoms with Gasteiger partial charge in [-0.3, -0.25) is 4.79 Å². The van der Waals surface area contributed by atoms with Crippen molar-refractivity contribution < 1.29 is 18.3 Å². The summed E-state index contributed by atoms with van der Waals surface area (Å²) in [6.45, 7) is -1.80. The average molecular weight is 256 g/mol. The Kier molecular flexibility index (Phi) is 3.76. The Morgan fingerprint density at radius 1 is 1.50 bits per heavy atom. The normalized spacial score (nSPS) is 19.3. The third-order valence-corrected chi connectivity index (χ3v) is 2.82. The Morgan fingerprint density at radius 3 is 2.89 bits per heavy atom. The molecule has 4 nitrogen and oxygen atoms in total. The van der Waals surface area contributed by atoms with Crippen LogP contribution in [0, 0.1) is 0 Å². The molecular weight excluding hydrogens is 242 g/mol. The second-order valence-corrected chi connectivity index (χ2v) is 4.21. The molecule has 0 aliphatic carbocycles. The van der Waals surface area contributed by atoms with E-state index in [1.165, 1.54) is 18.2 Å². The largest absolute Gasteiger partial charge is 0.435 e. The van der Waals surface area contributed by atoms with Crippen molar-refractivity contribution >= 4 is 5.91 Å². The van der Waals surface area contributed by atoms with Crippen LogP contribution in [0.4, 0.5) is 8.78 Å². The molecule has 2 N–H and O–H groups in total. The van der Waals surface area contributed by atoms with Gasteiger partial charge in [0.25, 0.3) is 5.91 Å². The van der Waals surface area contributed by atoms with E-state index in [1.54, 1.807) is 11.0 Å². The molecule has 1 atom stereocenters. The van der Waals surface area contributed by atoms with Crippen molar-refractivity contribution in [2.24, 2.45) is 5.73 Å². The second kappa shape index (κ2) is 5.30. The minimum Gasteiger partial charge on any atom is -0.435 e. The zero-order valence-electron chi connectivity index (χ0n) is 9.68. The highest BCUT2D eigenvalue weighted by Gasteiger charge is 2.24. The van der Waals surface area contributed by atoms with Gasteiger partial charge in [0, 0.05) is 24.7 Å². The van der Waals surface area contributed by atoms with Crippen LogP contribution in [0.15, 0.2) is 24.3 Å². The van der Waals surface area contributed by atoms with Gasteiger partial charge in [0.2, 0.25) is 0 Å². The van der Waals surface area contributed by atoms with E-state index in [9.17, 15) is 13.6 Å². The van der Waals surface area contributed by atoms with Gasteiger partial charge in [0.15, 0.2) is 0 Å². The number of amides is 1. The third-order valence-electron chi connectivity index (χ3n) is 2.82. The van der Waals surface area contributed by atoms with E-state index in [0.717, 1.165) is 6.42 Å². The van der Waals surface area contributed by atoms with Gasteiger partial charge in [-0.15, -0.1) is 0 Å². The third kappa shape index (κ3) is 2.95. The number of nitrogens with two attached hydrogens (primary N) is 1. The lowest BCUT2D eigenvalue weighted by atomic mass is 10.2. The maximum Gasteiger partial charge on any atom is 0.387 e. The molecule has 1 aliphatic heterocycles. The van der Waals surface area contributed by atoms with Gasteiger partial charge < -0.3 is 15.4 Å². The fourth-order valence-corrected chi connectivity index (χ4v) is 1.96. The molecule has 0 saturated carbocycles. The molecule has 1 aromatic rings. The molecule has 2 rings (SSSR count). The second-order valence-electron chi connectivity index (χ2n) is 4.21. The summed E-state index contributed by atoms with van der Waals surface area (Å²) in [4.78, 5) is 13.7. The molecule has 0 bridgehead atoms. The zero-order valence-corrected chi connectivity index (χ0v) is 9.68. The van der Waals surface area contributed by atoms with Crippen LogP contribution in [0.25, 0.3) is 0 Å². The number of carbonyl (C=O) groups is 1. The van der Waals surface area contributed by atoms with Crippen molar-refractivity contribution in [3.63, 3.8) is 0 Å². The Balaban J connectivity index is 2.10. The van der Waals surface area contributed by atoms with Crippen molar-refractivity contribution in [2.45, 2.75) is 19.1 Å². The maximum atomic E-state index is 12.1. The molecule has 1 fully saturated rings. The van der Waals surface area contributed by atoms with E-state index < -0.39 is 6.61 Å². The van der Waals surface area contributed by atoms with E-state index >= 15 is 0 Å². The molecular formula is C12H14F2N2O2. The summed E-state index contributed by atoms with van der Waals surface area (Å²) in [5.41, 5.74) is 6.05. The van der Waals surface area contributed by atoms with Gasteiger partial charge in [0.05, 0.1) is 0 Å². The van der Waals surface area contributed by atoms with Crippen molar-refractivity contribution in [3.8, 4) is 5.75 Å². The van der Waals surface area contributed by atoms with Crippen molar-refractivity contribution in [1.29, 1.82) is 0 Å². The molecule has 0 radical (unpaired) electrons. The number of likely N-dealkylation sites (tertiary alicyclic amines) is 1. The smallest absolute Gasteiger partial charge is 0.387 e. The van der Waals surface area contributed by atoms with Gasteiger partial charge in [-0.2, -0.15) is 8.78 Å². The fraction of sp³-hybridized carbons (Fsp3) is 0.417. The molecule has 0 aromatic heterocycles. The van der Waals surface area contributed by atoms with Gasteiger partial charge in [0.1, 0.15) is 5.75 Å².